The number of carbonyl (C=O) groups excluding carboxylic acids is 2. The number of carboxylic acid groups (broad SMARTS) is 2. The summed E-state index contributed by atoms with van der Waals surface area (Å²) >= 11 is 1.27. The van der Waals surface area contributed by atoms with Crippen LogP contribution in [0.1, 0.15) is 15.7 Å². The van der Waals surface area contributed by atoms with Crippen molar-refractivity contribution >= 4 is 23.7 Å². The Morgan fingerprint density at radius 2 is 1.20 bits per heavy atom. The van der Waals surface area contributed by atoms with Crippen LogP contribution < -0.4 is 172 Å². The maximum absolute atomic E-state index is 9.84. The number of hydrogen-bond donors (Lipinski definition) is 0. The summed E-state index contributed by atoms with van der Waals surface area (Å²) in [4.78, 5) is 19.7. The maximum atomic E-state index is 9.84. The molecule has 0 N–H and O–H groups in total. The molecule has 0 bridgehead atoms. The Kier molecular flexibility index (Phi) is 50.1. The summed E-state index contributed by atoms with van der Waals surface area (Å²) in [6, 6.07) is 0. The van der Waals surface area contributed by atoms with Gasteiger partial charge in [0, 0.05) is 11.9 Å². The van der Waals surface area contributed by atoms with Crippen LogP contribution in [0.2, 0.25) is 0 Å². The fourth-order valence-electron chi connectivity index (χ4n) is 0.413. The number of carbonyl (C=O) groups is 2. The van der Waals surface area contributed by atoms with Gasteiger partial charge in [-0.2, -0.15) is 11.8 Å². The van der Waals surface area contributed by atoms with Crippen LogP contribution >= 0.6 is 11.8 Å². The van der Waals surface area contributed by atoms with Crippen LogP contribution in [0, 0.1) is 0 Å². The molecule has 9 heteroatoms. The van der Waals surface area contributed by atoms with Crippen molar-refractivity contribution in [3.8, 4) is 0 Å². The molecule has 0 aromatic rings. The van der Waals surface area contributed by atoms with E-state index in [2.05, 4.69) is 0 Å². The number of aliphatic carboxylic acids is 2. The van der Waals surface area contributed by atoms with Crippen LogP contribution in [0.5, 0.6) is 0 Å². The van der Waals surface area contributed by atoms with Gasteiger partial charge in [0.2, 0.25) is 0 Å². The van der Waals surface area contributed by atoms with Crippen LogP contribution in [0.15, 0.2) is 0 Å². The van der Waals surface area contributed by atoms with Gasteiger partial charge in [0.25, 0.3) is 0 Å². The van der Waals surface area contributed by atoms with E-state index in [1.54, 1.807) is 0 Å². The first kappa shape index (κ1) is 31.8. The predicted octanol–water partition coefficient (Wildman–Crippen LogP) is -13.8. The molecule has 0 saturated heterocycles. The summed E-state index contributed by atoms with van der Waals surface area (Å²) in [5.74, 6) is -1.41. The Balaban J connectivity index is -0.0000000333. The van der Waals surface area contributed by atoms with Crippen molar-refractivity contribution in [3.05, 3.63) is 0 Å². The van der Waals surface area contributed by atoms with Crippen LogP contribution in [0.25, 0.3) is 0 Å². The third-order valence-corrected chi connectivity index (χ3v) is 1.89. The summed E-state index contributed by atoms with van der Waals surface area (Å²) in [5, 5.41) is 19.7. The van der Waals surface area contributed by atoms with Crippen molar-refractivity contribution in [2.24, 2.45) is 0 Å². The van der Waals surface area contributed by atoms with Crippen LogP contribution in [-0.2, 0) is 9.59 Å². The fraction of sp³-hybridized carbons (Fsp3) is 0.667. The molecule has 15 heavy (non-hydrogen) atoms. The summed E-state index contributed by atoms with van der Waals surface area (Å²) < 4.78 is 0. The largest absolute Gasteiger partial charge is 1.00 e. The molecule has 0 fully saturated rings. The van der Waals surface area contributed by atoms with E-state index < -0.39 is 11.9 Å². The predicted molar refractivity (Wildman–Crippen MR) is 38.8 cm³/mol. The van der Waals surface area contributed by atoms with Crippen molar-refractivity contribution < 1.29 is 185 Å². The van der Waals surface area contributed by atoms with Crippen LogP contribution in [0.4, 0.5) is 0 Å². The molecule has 0 atom stereocenters. The van der Waals surface area contributed by atoms with E-state index >= 15 is 0 Å². The average Bonchev–Trinajstić information content (AvgIpc) is 1.85. The Morgan fingerprint density at radius 3 is 1.40 bits per heavy atom. The van der Waals surface area contributed by atoms with Crippen LogP contribution in [-0.4, -0.2) is 23.4 Å². The average molecular weight is 302 g/mol. The summed E-state index contributed by atoms with van der Waals surface area (Å²) in [6.07, 6.45) is -0.0601. The third-order valence-electron chi connectivity index (χ3n) is 0.901. The van der Waals surface area contributed by atoms with Gasteiger partial charge in [-0.15, -0.1) is 0 Å². The normalized spacial score (nSPS) is 6.93. The van der Waals surface area contributed by atoms with Gasteiger partial charge in [0.1, 0.15) is 0 Å². The van der Waals surface area contributed by atoms with Crippen molar-refractivity contribution in [1.82, 2.24) is 0 Å². The third kappa shape index (κ3) is 32.3. The van der Waals surface area contributed by atoms with Gasteiger partial charge >= 0.3 is 162 Å². The first-order valence-corrected chi connectivity index (χ1v) is 4.26. The van der Waals surface area contributed by atoms with Gasteiger partial charge in [-0.25, -0.2) is 0 Å². The molecule has 0 aromatic heterocycles. The summed E-state index contributed by atoms with van der Waals surface area (Å²) in [6.45, 7) is 0. The summed E-state index contributed by atoms with van der Waals surface area (Å²) in [7, 11) is 0. The molecule has 0 aliphatic rings. The minimum atomic E-state index is -1.11. The van der Waals surface area contributed by atoms with E-state index in [4.69, 9.17) is 0 Å². The second kappa shape index (κ2) is 23.6. The van der Waals surface area contributed by atoms with Crippen molar-refractivity contribution in [2.75, 3.05) is 11.5 Å². The molecule has 0 aromatic carbocycles. The Morgan fingerprint density at radius 1 is 0.933 bits per heavy atom. The first-order valence-electron chi connectivity index (χ1n) is 3.10. The standard InChI is InChI=1S/C6H10O4S.2K.2Na.2H/c7-5(8)1-3-11-4-2-6(9)10;;;;;;/h1-4H2,(H,7,8)(H,9,10);;;;;;/q;4*+1;2*-1/p-2. The molecule has 0 amide bonds. The quantitative estimate of drug-likeness (QED) is 0.360. The number of thioether (sulfide) groups is 1. The topological polar surface area (TPSA) is 80.3 Å². The molecule has 0 heterocycles. The van der Waals surface area contributed by atoms with E-state index in [1.807, 2.05) is 0 Å². The SMILES string of the molecule is O=C([O-])CCSCCC(=O)[O-].[H-].[H-].[K+].[K+].[Na+].[Na+]. The molecule has 0 aliphatic carbocycles. The van der Waals surface area contributed by atoms with Gasteiger partial charge in [0.05, 0.1) is 0 Å². The Labute approximate surface area is 226 Å². The molecular weight excluding hydrogens is 292 g/mol. The number of rotatable bonds is 6. The van der Waals surface area contributed by atoms with E-state index in [1.165, 1.54) is 11.8 Å². The molecule has 0 radical (unpaired) electrons. The smallest absolute Gasteiger partial charge is 1.00 e. The van der Waals surface area contributed by atoms with Gasteiger partial charge in [-0.05, 0) is 24.3 Å². The van der Waals surface area contributed by atoms with Crippen molar-refractivity contribution in [3.63, 3.8) is 0 Å². The molecule has 0 rings (SSSR count). The monoisotopic (exact) mass is 302 g/mol. The minimum Gasteiger partial charge on any atom is -1.00 e. The zero-order valence-corrected chi connectivity index (χ0v) is 20.9. The Hall–Kier alpha value is 4.56. The second-order valence-corrected chi connectivity index (χ2v) is 3.08. The molecule has 0 unspecified atom stereocenters. The number of hydrogen-bond acceptors (Lipinski definition) is 5. The Bertz CT molecular complexity index is 155. The molecular formula is C6H10K2Na2O4S. The fourth-order valence-corrected chi connectivity index (χ4v) is 1.24. The molecule has 0 aliphatic heterocycles. The van der Waals surface area contributed by atoms with Crippen molar-refractivity contribution in [1.29, 1.82) is 0 Å². The van der Waals surface area contributed by atoms with Crippen LogP contribution in [0.3, 0.4) is 0 Å². The van der Waals surface area contributed by atoms with Gasteiger partial charge in [-0.3, -0.25) is 0 Å². The second-order valence-electron chi connectivity index (χ2n) is 1.86. The van der Waals surface area contributed by atoms with E-state index in [0.29, 0.717) is 11.5 Å². The molecule has 4 nitrogen and oxygen atoms in total. The maximum Gasteiger partial charge on any atom is 1.00 e. The first-order chi connectivity index (χ1) is 5.13. The van der Waals surface area contributed by atoms with Gasteiger partial charge in [0.15, 0.2) is 0 Å². The molecule has 68 valence electrons. The van der Waals surface area contributed by atoms with E-state index in [0.717, 1.165) is 0 Å². The van der Waals surface area contributed by atoms with Crippen molar-refractivity contribution in [2.45, 2.75) is 12.8 Å². The van der Waals surface area contributed by atoms with Gasteiger partial charge < -0.3 is 22.7 Å². The zero-order valence-electron chi connectivity index (χ0n) is 11.9. The minimum absolute atomic E-state index is 0. The summed E-state index contributed by atoms with van der Waals surface area (Å²) in [5.41, 5.74) is 0. The van der Waals surface area contributed by atoms with Gasteiger partial charge in [-0.1, -0.05) is 0 Å². The van der Waals surface area contributed by atoms with E-state index in [9.17, 15) is 19.8 Å². The molecule has 0 saturated carbocycles. The zero-order chi connectivity index (χ0) is 8.69. The molecule has 0 spiro atoms. The number of carboxylic acids is 2. The van der Waals surface area contributed by atoms with E-state index in [-0.39, 0.29) is 178 Å².